The van der Waals surface area contributed by atoms with Gasteiger partial charge in [0.2, 0.25) is 5.56 Å². The average molecular weight is 263 g/mol. The van der Waals surface area contributed by atoms with E-state index in [-0.39, 0.29) is 11.5 Å². The van der Waals surface area contributed by atoms with Gasteiger partial charge in [0, 0.05) is 24.2 Å². The van der Waals surface area contributed by atoms with E-state index in [1.165, 1.54) is 29.7 Å². The number of aromatic amines is 1. The highest BCUT2D eigenvalue weighted by Crippen LogP contribution is 2.15. The third-order valence-electron chi connectivity index (χ3n) is 2.60. The molecular weight excluding hydrogens is 250 g/mol. The zero-order valence-corrected chi connectivity index (χ0v) is 11.0. The molecule has 0 saturated heterocycles. The number of pyridine rings is 1. The van der Waals surface area contributed by atoms with E-state index in [1.54, 1.807) is 17.5 Å². The summed E-state index contributed by atoms with van der Waals surface area (Å²) in [5.41, 5.74) is 2.97. The summed E-state index contributed by atoms with van der Waals surface area (Å²) in [5.74, 6) is -0.126. The van der Waals surface area contributed by atoms with Gasteiger partial charge in [-0.2, -0.15) is 0 Å². The van der Waals surface area contributed by atoms with Crippen molar-refractivity contribution < 1.29 is 4.79 Å². The van der Waals surface area contributed by atoms with Crippen molar-refractivity contribution in [2.24, 2.45) is 0 Å². The minimum Gasteiger partial charge on any atom is -0.336 e. The molecule has 0 aliphatic rings. The minimum absolute atomic E-state index is 0.126. The normalized spacial score (nSPS) is 10.3. The van der Waals surface area contributed by atoms with Gasteiger partial charge in [0.1, 0.15) is 0 Å². The number of rotatable bonds is 3. The van der Waals surface area contributed by atoms with E-state index >= 15 is 0 Å². The molecule has 0 bridgehead atoms. The van der Waals surface area contributed by atoms with Crippen molar-refractivity contribution in [3.63, 3.8) is 0 Å². The highest BCUT2D eigenvalue weighted by atomic mass is 32.1. The fraction of sp³-hybridized carbons (Fsp3) is 0.250. The van der Waals surface area contributed by atoms with E-state index < -0.39 is 0 Å². The van der Waals surface area contributed by atoms with Crippen LogP contribution < -0.4 is 5.56 Å². The van der Waals surface area contributed by atoms with E-state index in [2.05, 4.69) is 9.97 Å². The molecule has 5 nitrogen and oxygen atoms in total. The number of aryl methyl sites for hydroxylation is 1. The Morgan fingerprint density at radius 2 is 2.28 bits per heavy atom. The Kier molecular flexibility index (Phi) is 3.57. The topological polar surface area (TPSA) is 66.1 Å². The predicted octanol–water partition coefficient (Wildman–Crippen LogP) is 1.41. The molecule has 0 atom stereocenters. The SMILES string of the molecule is Cc1ncsc1CN(C)C(=O)c1ccc(=O)[nH]c1. The van der Waals surface area contributed by atoms with Crippen LogP contribution in [0.15, 0.2) is 28.6 Å². The summed E-state index contributed by atoms with van der Waals surface area (Å²) in [6, 6.07) is 2.87. The van der Waals surface area contributed by atoms with E-state index in [0.29, 0.717) is 12.1 Å². The fourth-order valence-corrected chi connectivity index (χ4v) is 2.36. The second-order valence-electron chi connectivity index (χ2n) is 3.96. The Morgan fingerprint density at radius 1 is 1.50 bits per heavy atom. The van der Waals surface area contributed by atoms with Crippen molar-refractivity contribution in [2.75, 3.05) is 7.05 Å². The Hall–Kier alpha value is -1.95. The number of carbonyl (C=O) groups excluding carboxylic acids is 1. The van der Waals surface area contributed by atoms with E-state index in [9.17, 15) is 9.59 Å². The first-order chi connectivity index (χ1) is 8.58. The molecular formula is C12H13N3O2S. The van der Waals surface area contributed by atoms with Gasteiger partial charge in [-0.3, -0.25) is 9.59 Å². The number of amides is 1. The lowest BCUT2D eigenvalue weighted by atomic mass is 10.2. The number of nitrogens with one attached hydrogen (secondary N) is 1. The van der Waals surface area contributed by atoms with E-state index in [4.69, 9.17) is 0 Å². The van der Waals surface area contributed by atoms with E-state index in [1.807, 2.05) is 6.92 Å². The molecule has 0 aliphatic heterocycles. The second-order valence-corrected chi connectivity index (χ2v) is 4.90. The summed E-state index contributed by atoms with van der Waals surface area (Å²) in [6.07, 6.45) is 1.43. The number of thiazole rings is 1. The van der Waals surface area contributed by atoms with Gasteiger partial charge in [0.05, 0.1) is 23.3 Å². The van der Waals surface area contributed by atoms with Crippen LogP contribution in [0.25, 0.3) is 0 Å². The van der Waals surface area contributed by atoms with Crippen LogP contribution in [0.2, 0.25) is 0 Å². The van der Waals surface area contributed by atoms with Gasteiger partial charge in [-0.25, -0.2) is 4.98 Å². The van der Waals surface area contributed by atoms with Gasteiger partial charge in [-0.05, 0) is 13.0 Å². The maximum absolute atomic E-state index is 12.1. The maximum Gasteiger partial charge on any atom is 0.255 e. The fourth-order valence-electron chi connectivity index (χ4n) is 1.53. The number of carbonyl (C=O) groups is 1. The lowest BCUT2D eigenvalue weighted by molar-refractivity contribution is 0.0786. The van der Waals surface area contributed by atoms with Gasteiger partial charge in [0.15, 0.2) is 0 Å². The minimum atomic E-state index is -0.215. The Balaban J connectivity index is 2.12. The average Bonchev–Trinajstić information content (AvgIpc) is 2.75. The number of aromatic nitrogens is 2. The number of hydrogen-bond donors (Lipinski definition) is 1. The van der Waals surface area contributed by atoms with Crippen LogP contribution in [0, 0.1) is 6.92 Å². The molecule has 0 radical (unpaired) electrons. The van der Waals surface area contributed by atoms with Gasteiger partial charge >= 0.3 is 0 Å². The zero-order chi connectivity index (χ0) is 13.1. The van der Waals surface area contributed by atoms with Gasteiger partial charge in [-0.1, -0.05) is 0 Å². The molecule has 94 valence electrons. The predicted molar refractivity (Wildman–Crippen MR) is 69.7 cm³/mol. The molecule has 1 N–H and O–H groups in total. The first kappa shape index (κ1) is 12.5. The van der Waals surface area contributed by atoms with Crippen LogP contribution in [0.4, 0.5) is 0 Å². The summed E-state index contributed by atoms with van der Waals surface area (Å²) in [5, 5.41) is 0. The molecule has 0 aliphatic carbocycles. The molecule has 2 rings (SSSR count). The lowest BCUT2D eigenvalue weighted by Gasteiger charge is -2.16. The molecule has 0 unspecified atom stereocenters. The first-order valence-corrected chi connectivity index (χ1v) is 6.29. The van der Waals surface area contributed by atoms with Crippen LogP contribution in [-0.4, -0.2) is 27.8 Å². The summed E-state index contributed by atoms with van der Waals surface area (Å²) in [6.45, 7) is 2.44. The molecule has 0 aromatic carbocycles. The van der Waals surface area contributed by atoms with Crippen molar-refractivity contribution in [2.45, 2.75) is 13.5 Å². The van der Waals surface area contributed by atoms with Gasteiger partial charge < -0.3 is 9.88 Å². The highest BCUT2D eigenvalue weighted by Gasteiger charge is 2.13. The molecule has 18 heavy (non-hydrogen) atoms. The van der Waals surface area contributed by atoms with Crippen molar-refractivity contribution in [3.8, 4) is 0 Å². The Bertz CT molecular complexity index is 597. The van der Waals surface area contributed by atoms with Crippen molar-refractivity contribution >= 4 is 17.2 Å². The van der Waals surface area contributed by atoms with Gasteiger partial charge in [-0.15, -0.1) is 11.3 Å². The third kappa shape index (κ3) is 2.65. The molecule has 2 aromatic heterocycles. The van der Waals surface area contributed by atoms with E-state index in [0.717, 1.165) is 10.6 Å². The van der Waals surface area contributed by atoms with Crippen LogP contribution in [0.5, 0.6) is 0 Å². The second kappa shape index (κ2) is 5.14. The van der Waals surface area contributed by atoms with Crippen LogP contribution >= 0.6 is 11.3 Å². The molecule has 0 saturated carbocycles. The van der Waals surface area contributed by atoms with Gasteiger partial charge in [0.25, 0.3) is 5.91 Å². The summed E-state index contributed by atoms with van der Waals surface area (Å²) < 4.78 is 0. The quantitative estimate of drug-likeness (QED) is 0.910. The van der Waals surface area contributed by atoms with Crippen LogP contribution in [-0.2, 0) is 6.54 Å². The van der Waals surface area contributed by atoms with Crippen molar-refractivity contribution in [1.29, 1.82) is 0 Å². The summed E-state index contributed by atoms with van der Waals surface area (Å²) in [7, 11) is 1.73. The molecule has 0 spiro atoms. The number of nitrogens with zero attached hydrogens (tertiary/aromatic N) is 2. The Labute approximate surface area is 108 Å². The highest BCUT2D eigenvalue weighted by molar-refractivity contribution is 7.09. The number of hydrogen-bond acceptors (Lipinski definition) is 4. The first-order valence-electron chi connectivity index (χ1n) is 5.41. The summed E-state index contributed by atoms with van der Waals surface area (Å²) in [4.78, 5) is 32.3. The van der Waals surface area contributed by atoms with Crippen LogP contribution in [0.3, 0.4) is 0 Å². The van der Waals surface area contributed by atoms with Crippen molar-refractivity contribution in [3.05, 3.63) is 50.3 Å². The molecule has 6 heteroatoms. The van der Waals surface area contributed by atoms with Crippen molar-refractivity contribution in [1.82, 2.24) is 14.9 Å². The molecule has 2 aromatic rings. The Morgan fingerprint density at radius 3 is 2.83 bits per heavy atom. The van der Waals surface area contributed by atoms with Crippen LogP contribution in [0.1, 0.15) is 20.9 Å². The smallest absolute Gasteiger partial charge is 0.255 e. The standard InChI is InChI=1S/C12H13N3O2S/c1-8-10(18-7-14-8)6-15(2)12(17)9-3-4-11(16)13-5-9/h3-5,7H,6H2,1-2H3,(H,13,16). The zero-order valence-electron chi connectivity index (χ0n) is 10.1. The third-order valence-corrected chi connectivity index (χ3v) is 3.52. The molecule has 0 fully saturated rings. The lowest BCUT2D eigenvalue weighted by Crippen LogP contribution is -2.26. The molecule has 1 amide bonds. The number of H-pyrrole nitrogens is 1. The molecule has 2 heterocycles. The monoisotopic (exact) mass is 263 g/mol. The summed E-state index contributed by atoms with van der Waals surface area (Å²) >= 11 is 1.53. The largest absolute Gasteiger partial charge is 0.336 e. The maximum atomic E-state index is 12.1.